The van der Waals surface area contributed by atoms with Gasteiger partial charge in [-0.05, 0) is 28.1 Å². The number of hydrogen-bond acceptors (Lipinski definition) is 2. The molecule has 0 N–H and O–H groups in total. The van der Waals surface area contributed by atoms with Crippen LogP contribution in [0.4, 0.5) is 0 Å². The molecule has 14 heavy (non-hydrogen) atoms. The van der Waals surface area contributed by atoms with Gasteiger partial charge in [-0.25, -0.2) is 0 Å². The van der Waals surface area contributed by atoms with E-state index in [-0.39, 0.29) is 11.2 Å². The molecule has 3 heteroatoms. The van der Waals surface area contributed by atoms with E-state index in [0.717, 1.165) is 10.2 Å². The first-order chi connectivity index (χ1) is 6.39. The molecule has 0 bridgehead atoms. The fourth-order valence-electron chi connectivity index (χ4n) is 0.941. The molecular formula is C11H14BrNO. The molecule has 1 aromatic rings. The van der Waals surface area contributed by atoms with Gasteiger partial charge in [0.15, 0.2) is 0 Å². The zero-order valence-corrected chi connectivity index (χ0v) is 10.3. The number of aromatic nitrogens is 1. The van der Waals surface area contributed by atoms with Crippen molar-refractivity contribution in [2.45, 2.75) is 27.2 Å². The maximum atomic E-state index is 11.7. The Labute approximate surface area is 92.9 Å². The van der Waals surface area contributed by atoms with Crippen molar-refractivity contribution < 1.29 is 4.79 Å². The Hall–Kier alpha value is -0.700. The Morgan fingerprint density at radius 3 is 2.50 bits per heavy atom. The number of pyridine rings is 1. The van der Waals surface area contributed by atoms with Crippen molar-refractivity contribution in [1.82, 2.24) is 4.98 Å². The van der Waals surface area contributed by atoms with Crippen LogP contribution >= 0.6 is 15.9 Å². The molecule has 0 aromatic carbocycles. The van der Waals surface area contributed by atoms with Crippen LogP contribution in [-0.4, -0.2) is 10.8 Å². The SMILES string of the molecule is CC(C)(C)C(=O)Cc1ccc(Br)cn1. The van der Waals surface area contributed by atoms with Gasteiger partial charge in [-0.1, -0.05) is 20.8 Å². The molecule has 0 fully saturated rings. The summed E-state index contributed by atoms with van der Waals surface area (Å²) in [6.45, 7) is 5.77. The first kappa shape index (κ1) is 11.4. The van der Waals surface area contributed by atoms with Crippen LogP contribution in [0.5, 0.6) is 0 Å². The van der Waals surface area contributed by atoms with Gasteiger partial charge in [0.25, 0.3) is 0 Å². The van der Waals surface area contributed by atoms with Crippen LogP contribution in [0.1, 0.15) is 26.5 Å². The second-order valence-electron chi connectivity index (χ2n) is 4.32. The summed E-state index contributed by atoms with van der Waals surface area (Å²) < 4.78 is 0.935. The summed E-state index contributed by atoms with van der Waals surface area (Å²) in [6, 6.07) is 3.77. The monoisotopic (exact) mass is 255 g/mol. The number of halogens is 1. The van der Waals surface area contributed by atoms with Crippen molar-refractivity contribution in [3.05, 3.63) is 28.5 Å². The second kappa shape index (κ2) is 4.22. The van der Waals surface area contributed by atoms with E-state index in [1.165, 1.54) is 0 Å². The lowest BCUT2D eigenvalue weighted by Gasteiger charge is -2.15. The van der Waals surface area contributed by atoms with Crippen LogP contribution in [0.25, 0.3) is 0 Å². The Balaban J connectivity index is 2.71. The summed E-state index contributed by atoms with van der Waals surface area (Å²) in [4.78, 5) is 15.8. The minimum atomic E-state index is -0.283. The highest BCUT2D eigenvalue weighted by atomic mass is 79.9. The summed E-state index contributed by atoms with van der Waals surface area (Å²) >= 11 is 3.30. The standard InChI is InChI=1S/C11H14BrNO/c1-11(2,3)10(14)6-9-5-4-8(12)7-13-9/h4-5,7H,6H2,1-3H3. The normalized spacial score (nSPS) is 11.4. The van der Waals surface area contributed by atoms with Gasteiger partial charge in [0, 0.05) is 28.2 Å². The minimum Gasteiger partial charge on any atom is -0.299 e. The van der Waals surface area contributed by atoms with E-state index in [4.69, 9.17) is 0 Å². The summed E-state index contributed by atoms with van der Waals surface area (Å²) in [5, 5.41) is 0. The summed E-state index contributed by atoms with van der Waals surface area (Å²) in [5.41, 5.74) is 0.544. The van der Waals surface area contributed by atoms with Gasteiger partial charge in [0.1, 0.15) is 5.78 Å². The van der Waals surface area contributed by atoms with Crippen LogP contribution in [0.15, 0.2) is 22.8 Å². The first-order valence-corrected chi connectivity index (χ1v) is 5.32. The molecule has 76 valence electrons. The van der Waals surface area contributed by atoms with E-state index >= 15 is 0 Å². The lowest BCUT2D eigenvalue weighted by molar-refractivity contribution is -0.125. The average Bonchev–Trinajstić information content (AvgIpc) is 2.07. The number of carbonyl (C=O) groups excluding carboxylic acids is 1. The molecule has 0 aliphatic carbocycles. The van der Waals surface area contributed by atoms with Crippen molar-refractivity contribution in [2.75, 3.05) is 0 Å². The van der Waals surface area contributed by atoms with E-state index in [9.17, 15) is 4.79 Å². The maximum absolute atomic E-state index is 11.7. The molecule has 1 heterocycles. The lowest BCUT2D eigenvalue weighted by atomic mass is 9.88. The van der Waals surface area contributed by atoms with Gasteiger partial charge in [0.05, 0.1) is 0 Å². The molecule has 0 saturated heterocycles. The van der Waals surface area contributed by atoms with Crippen LogP contribution in [0, 0.1) is 5.41 Å². The fourth-order valence-corrected chi connectivity index (χ4v) is 1.18. The van der Waals surface area contributed by atoms with Crippen LogP contribution in [0.2, 0.25) is 0 Å². The smallest absolute Gasteiger partial charge is 0.144 e. The molecule has 1 aromatic heterocycles. The van der Waals surface area contributed by atoms with Crippen LogP contribution in [0.3, 0.4) is 0 Å². The van der Waals surface area contributed by atoms with Gasteiger partial charge >= 0.3 is 0 Å². The molecule has 1 rings (SSSR count). The zero-order valence-electron chi connectivity index (χ0n) is 8.67. The van der Waals surface area contributed by atoms with Crippen LogP contribution < -0.4 is 0 Å². The van der Waals surface area contributed by atoms with E-state index in [1.807, 2.05) is 32.9 Å². The van der Waals surface area contributed by atoms with Gasteiger partial charge in [-0.15, -0.1) is 0 Å². The van der Waals surface area contributed by atoms with E-state index in [2.05, 4.69) is 20.9 Å². The van der Waals surface area contributed by atoms with Gasteiger partial charge in [-0.3, -0.25) is 9.78 Å². The Morgan fingerprint density at radius 1 is 1.43 bits per heavy atom. The third kappa shape index (κ3) is 3.22. The van der Waals surface area contributed by atoms with Gasteiger partial charge < -0.3 is 0 Å². The van der Waals surface area contributed by atoms with Crippen molar-refractivity contribution in [3.63, 3.8) is 0 Å². The molecule has 0 spiro atoms. The van der Waals surface area contributed by atoms with E-state index < -0.39 is 0 Å². The molecule has 0 amide bonds. The highest BCUT2D eigenvalue weighted by Crippen LogP contribution is 2.17. The number of Topliss-reactive ketones (excluding diaryl/α,β-unsaturated/α-hetero) is 1. The zero-order chi connectivity index (χ0) is 10.8. The maximum Gasteiger partial charge on any atom is 0.144 e. The molecular weight excluding hydrogens is 242 g/mol. The third-order valence-corrected chi connectivity index (χ3v) is 2.44. The molecule has 0 radical (unpaired) electrons. The van der Waals surface area contributed by atoms with E-state index in [0.29, 0.717) is 6.42 Å². The molecule has 0 aliphatic heterocycles. The predicted molar refractivity (Wildman–Crippen MR) is 60.1 cm³/mol. The number of hydrogen-bond donors (Lipinski definition) is 0. The molecule has 0 aliphatic rings. The molecule has 2 nitrogen and oxygen atoms in total. The first-order valence-electron chi connectivity index (χ1n) is 4.53. The molecule has 0 unspecified atom stereocenters. The summed E-state index contributed by atoms with van der Waals surface area (Å²) in [7, 11) is 0. The highest BCUT2D eigenvalue weighted by molar-refractivity contribution is 9.10. The number of carbonyl (C=O) groups is 1. The fraction of sp³-hybridized carbons (Fsp3) is 0.455. The average molecular weight is 256 g/mol. The topological polar surface area (TPSA) is 30.0 Å². The third-order valence-electron chi connectivity index (χ3n) is 1.97. The van der Waals surface area contributed by atoms with Gasteiger partial charge in [0.2, 0.25) is 0 Å². The quantitative estimate of drug-likeness (QED) is 0.814. The highest BCUT2D eigenvalue weighted by Gasteiger charge is 2.21. The van der Waals surface area contributed by atoms with E-state index in [1.54, 1.807) is 6.20 Å². The van der Waals surface area contributed by atoms with Crippen molar-refractivity contribution >= 4 is 21.7 Å². The summed E-state index contributed by atoms with van der Waals surface area (Å²) in [6.07, 6.45) is 2.13. The van der Waals surface area contributed by atoms with Crippen molar-refractivity contribution in [2.24, 2.45) is 5.41 Å². The predicted octanol–water partition coefficient (Wildman–Crippen LogP) is 3.00. The number of ketones is 1. The Kier molecular flexibility index (Phi) is 3.43. The van der Waals surface area contributed by atoms with Crippen LogP contribution in [-0.2, 0) is 11.2 Å². The molecule has 0 saturated carbocycles. The van der Waals surface area contributed by atoms with Crippen molar-refractivity contribution in [3.8, 4) is 0 Å². The minimum absolute atomic E-state index is 0.215. The largest absolute Gasteiger partial charge is 0.299 e. The number of rotatable bonds is 2. The second-order valence-corrected chi connectivity index (χ2v) is 5.23. The lowest BCUT2D eigenvalue weighted by Crippen LogP contribution is -2.22. The Morgan fingerprint density at radius 2 is 2.07 bits per heavy atom. The summed E-state index contributed by atoms with van der Waals surface area (Å²) in [5.74, 6) is 0.215. The number of nitrogens with zero attached hydrogens (tertiary/aromatic N) is 1. The van der Waals surface area contributed by atoms with Crippen molar-refractivity contribution in [1.29, 1.82) is 0 Å². The van der Waals surface area contributed by atoms with Gasteiger partial charge in [-0.2, -0.15) is 0 Å². The molecule has 0 atom stereocenters. The Bertz CT molecular complexity index is 324.